The maximum Gasteiger partial charge on any atom is 0.0990 e. The zero-order chi connectivity index (χ0) is 13.8. The van der Waals surface area contributed by atoms with Crippen LogP contribution < -0.4 is 4.90 Å². The first kappa shape index (κ1) is 13.5. The summed E-state index contributed by atoms with van der Waals surface area (Å²) in [5, 5.41) is 8.46. The van der Waals surface area contributed by atoms with Crippen LogP contribution in [0.5, 0.6) is 0 Å². The van der Waals surface area contributed by atoms with E-state index < -0.39 is 0 Å². The Morgan fingerprint density at radius 3 is 2.20 bits per heavy atom. The number of hydrogen-bond acceptors (Lipinski definition) is 2. The molecule has 1 aromatic rings. The largest absolute Gasteiger partial charge is 0.368 e. The summed E-state index contributed by atoms with van der Waals surface area (Å²) in [6, 6.07) is 10.6. The third-order valence-corrected chi connectivity index (χ3v) is 4.73. The Labute approximate surface area is 122 Å². The first-order chi connectivity index (χ1) is 9.84. The van der Waals surface area contributed by atoms with Gasteiger partial charge in [0, 0.05) is 37.8 Å². The molecule has 2 fully saturated rings. The molecule has 1 saturated carbocycles. The number of para-hydroxylation sites is 1. The van der Waals surface area contributed by atoms with Crippen LogP contribution in [0.15, 0.2) is 30.3 Å². The summed E-state index contributed by atoms with van der Waals surface area (Å²) in [4.78, 5) is 4.75. The lowest BCUT2D eigenvalue weighted by molar-refractivity contribution is 0.335. The van der Waals surface area contributed by atoms with Crippen molar-refractivity contribution in [3.63, 3.8) is 0 Å². The molecule has 108 valence electrons. The Morgan fingerprint density at radius 1 is 0.900 bits per heavy atom. The van der Waals surface area contributed by atoms with Crippen LogP contribution in [0, 0.1) is 11.3 Å². The summed E-state index contributed by atoms with van der Waals surface area (Å²) in [5.74, 6) is 1.45. The summed E-state index contributed by atoms with van der Waals surface area (Å²) in [6.45, 7) is 4.09. The second-order valence-corrected chi connectivity index (χ2v) is 6.03. The molecule has 1 heterocycles. The van der Waals surface area contributed by atoms with Crippen LogP contribution in [0.2, 0.25) is 0 Å². The van der Waals surface area contributed by atoms with E-state index in [-0.39, 0.29) is 0 Å². The molecule has 0 bridgehead atoms. The number of anilines is 1. The van der Waals surface area contributed by atoms with Crippen molar-refractivity contribution in [1.29, 1.82) is 5.41 Å². The highest BCUT2D eigenvalue weighted by Gasteiger charge is 2.25. The Hall–Kier alpha value is -1.51. The van der Waals surface area contributed by atoms with E-state index in [9.17, 15) is 0 Å². The van der Waals surface area contributed by atoms with Gasteiger partial charge in [-0.25, -0.2) is 0 Å². The van der Waals surface area contributed by atoms with Crippen LogP contribution in [-0.2, 0) is 0 Å². The fraction of sp³-hybridized carbons (Fsp3) is 0.588. The van der Waals surface area contributed by atoms with E-state index in [1.54, 1.807) is 0 Å². The molecule has 1 aliphatic heterocycles. The van der Waals surface area contributed by atoms with E-state index in [0.717, 1.165) is 32.0 Å². The van der Waals surface area contributed by atoms with Crippen molar-refractivity contribution in [2.75, 3.05) is 31.1 Å². The predicted octanol–water partition coefficient (Wildman–Crippen LogP) is 3.37. The summed E-state index contributed by atoms with van der Waals surface area (Å²) >= 11 is 0. The summed E-state index contributed by atoms with van der Waals surface area (Å²) in [6.07, 6.45) is 6.47. The van der Waals surface area contributed by atoms with Crippen molar-refractivity contribution in [3.05, 3.63) is 30.3 Å². The maximum atomic E-state index is 8.46. The highest BCUT2D eigenvalue weighted by atomic mass is 15.3. The molecule has 0 aromatic heterocycles. The molecule has 1 aromatic carbocycles. The smallest absolute Gasteiger partial charge is 0.0990 e. The highest BCUT2D eigenvalue weighted by molar-refractivity contribution is 5.82. The number of rotatable bonds is 2. The molecule has 2 aliphatic rings. The second kappa shape index (κ2) is 6.29. The first-order valence-corrected chi connectivity index (χ1v) is 7.98. The van der Waals surface area contributed by atoms with E-state index in [1.807, 2.05) is 0 Å². The van der Waals surface area contributed by atoms with Gasteiger partial charge in [0.1, 0.15) is 0 Å². The van der Waals surface area contributed by atoms with E-state index in [1.165, 1.54) is 37.8 Å². The van der Waals surface area contributed by atoms with Crippen LogP contribution in [0.1, 0.15) is 32.1 Å². The lowest BCUT2D eigenvalue weighted by Gasteiger charge is -2.39. The number of nitrogens with one attached hydrogen (secondary N) is 1. The van der Waals surface area contributed by atoms with Gasteiger partial charge >= 0.3 is 0 Å². The van der Waals surface area contributed by atoms with Crippen LogP contribution in [0.3, 0.4) is 0 Å². The van der Waals surface area contributed by atoms with Gasteiger partial charge in [-0.1, -0.05) is 37.5 Å². The standard InChI is InChI=1S/C17H25N3/c18-17(15-7-3-1-4-8-15)20-13-11-19(12-14-20)16-9-5-2-6-10-16/h2,5-6,9-10,15,18H,1,3-4,7-8,11-14H2. The summed E-state index contributed by atoms with van der Waals surface area (Å²) in [7, 11) is 0. The quantitative estimate of drug-likeness (QED) is 0.660. The van der Waals surface area contributed by atoms with Crippen LogP contribution in [0.4, 0.5) is 5.69 Å². The molecule has 0 spiro atoms. The average Bonchev–Trinajstić information content (AvgIpc) is 2.56. The van der Waals surface area contributed by atoms with E-state index in [2.05, 4.69) is 40.1 Å². The van der Waals surface area contributed by atoms with Crippen molar-refractivity contribution < 1.29 is 0 Å². The van der Waals surface area contributed by atoms with Gasteiger partial charge in [-0.3, -0.25) is 5.41 Å². The Morgan fingerprint density at radius 2 is 1.55 bits per heavy atom. The fourth-order valence-corrected chi connectivity index (χ4v) is 3.48. The van der Waals surface area contributed by atoms with Crippen LogP contribution in [0.25, 0.3) is 0 Å². The molecule has 1 aliphatic carbocycles. The molecule has 0 amide bonds. The molecular weight excluding hydrogens is 246 g/mol. The first-order valence-electron chi connectivity index (χ1n) is 7.98. The minimum absolute atomic E-state index is 0.534. The van der Waals surface area contributed by atoms with Crippen molar-refractivity contribution in [1.82, 2.24) is 4.90 Å². The van der Waals surface area contributed by atoms with Crippen molar-refractivity contribution in [2.24, 2.45) is 5.92 Å². The number of amidine groups is 1. The normalized spacial score (nSPS) is 21.0. The van der Waals surface area contributed by atoms with Gasteiger partial charge in [-0.2, -0.15) is 0 Å². The van der Waals surface area contributed by atoms with Gasteiger partial charge in [0.15, 0.2) is 0 Å². The number of nitrogens with zero attached hydrogens (tertiary/aromatic N) is 2. The molecule has 0 radical (unpaired) electrons. The molecule has 3 nitrogen and oxygen atoms in total. The fourth-order valence-electron chi connectivity index (χ4n) is 3.48. The van der Waals surface area contributed by atoms with Gasteiger partial charge < -0.3 is 9.80 Å². The number of benzene rings is 1. The zero-order valence-electron chi connectivity index (χ0n) is 12.2. The van der Waals surface area contributed by atoms with Gasteiger partial charge in [-0.15, -0.1) is 0 Å². The van der Waals surface area contributed by atoms with E-state index >= 15 is 0 Å². The predicted molar refractivity (Wildman–Crippen MR) is 84.5 cm³/mol. The molecule has 20 heavy (non-hydrogen) atoms. The molecule has 1 N–H and O–H groups in total. The minimum atomic E-state index is 0.534. The van der Waals surface area contributed by atoms with E-state index in [4.69, 9.17) is 5.41 Å². The number of piperazine rings is 1. The highest BCUT2D eigenvalue weighted by Crippen LogP contribution is 2.26. The van der Waals surface area contributed by atoms with Crippen molar-refractivity contribution in [2.45, 2.75) is 32.1 Å². The van der Waals surface area contributed by atoms with Gasteiger partial charge in [0.05, 0.1) is 5.84 Å². The zero-order valence-corrected chi connectivity index (χ0v) is 12.2. The van der Waals surface area contributed by atoms with Gasteiger partial charge in [0.2, 0.25) is 0 Å². The molecule has 3 rings (SSSR count). The average molecular weight is 271 g/mol. The van der Waals surface area contributed by atoms with Gasteiger partial charge in [0.25, 0.3) is 0 Å². The third-order valence-electron chi connectivity index (χ3n) is 4.73. The summed E-state index contributed by atoms with van der Waals surface area (Å²) < 4.78 is 0. The topological polar surface area (TPSA) is 30.3 Å². The van der Waals surface area contributed by atoms with Crippen molar-refractivity contribution >= 4 is 11.5 Å². The van der Waals surface area contributed by atoms with Crippen LogP contribution >= 0.6 is 0 Å². The maximum absolute atomic E-state index is 8.46. The molecular formula is C17H25N3. The lowest BCUT2D eigenvalue weighted by Crippen LogP contribution is -2.50. The molecule has 0 atom stereocenters. The number of hydrogen-bond donors (Lipinski definition) is 1. The van der Waals surface area contributed by atoms with Crippen molar-refractivity contribution in [3.8, 4) is 0 Å². The molecule has 3 heteroatoms. The lowest BCUT2D eigenvalue weighted by atomic mass is 9.88. The second-order valence-electron chi connectivity index (χ2n) is 6.03. The monoisotopic (exact) mass is 271 g/mol. The van der Waals surface area contributed by atoms with E-state index in [0.29, 0.717) is 5.92 Å². The SMILES string of the molecule is N=C(C1CCCCC1)N1CCN(c2ccccc2)CC1. The minimum Gasteiger partial charge on any atom is -0.368 e. The van der Waals surface area contributed by atoms with Crippen LogP contribution in [-0.4, -0.2) is 36.9 Å². The summed E-state index contributed by atoms with van der Waals surface area (Å²) in [5.41, 5.74) is 1.32. The van der Waals surface area contributed by atoms with Gasteiger partial charge in [-0.05, 0) is 25.0 Å². The molecule has 0 unspecified atom stereocenters. The molecule has 1 saturated heterocycles. The Kier molecular flexibility index (Phi) is 4.24. The third kappa shape index (κ3) is 2.97. The Balaban J connectivity index is 1.54. The Bertz CT molecular complexity index is 429.